The average Bonchev–Trinajstić information content (AvgIpc) is 2.61. The molecule has 0 fully saturated rings. The molecule has 2 atom stereocenters. The minimum absolute atomic E-state index is 0.343. The van der Waals surface area contributed by atoms with Crippen LogP contribution in [0.2, 0.25) is 0 Å². The van der Waals surface area contributed by atoms with E-state index >= 15 is 0 Å². The van der Waals surface area contributed by atoms with E-state index in [9.17, 15) is 5.11 Å². The predicted molar refractivity (Wildman–Crippen MR) is 95.5 cm³/mol. The lowest BCUT2D eigenvalue weighted by molar-refractivity contribution is 0.163. The fourth-order valence-electron chi connectivity index (χ4n) is 4.28. The average molecular weight is 341 g/mol. The second-order valence-corrected chi connectivity index (χ2v) is 6.77. The van der Waals surface area contributed by atoms with Crippen LogP contribution < -0.4 is 9.47 Å². The fourth-order valence-corrected chi connectivity index (χ4v) is 4.28. The minimum atomic E-state index is -0.764. The number of methoxy groups -OCH3 is 3. The second kappa shape index (κ2) is 5.85. The molecule has 0 bridgehead atoms. The van der Waals surface area contributed by atoms with E-state index < -0.39 is 6.10 Å². The highest BCUT2D eigenvalue weighted by Crippen LogP contribution is 2.49. The van der Waals surface area contributed by atoms with Crippen LogP contribution in [0.15, 0.2) is 41.3 Å². The van der Waals surface area contributed by atoms with Gasteiger partial charge in [-0.2, -0.15) is 0 Å². The number of aliphatic hydroxyl groups excluding tert-OH is 1. The molecule has 0 saturated carbocycles. The molecule has 0 radical (unpaired) electrons. The maximum Gasteiger partial charge on any atom is 0.161 e. The lowest BCUT2D eigenvalue weighted by atomic mass is 9.70. The van der Waals surface area contributed by atoms with E-state index in [0.29, 0.717) is 17.4 Å². The Bertz CT molecular complexity index is 821. The van der Waals surface area contributed by atoms with Gasteiger partial charge in [0.05, 0.1) is 21.3 Å². The number of aliphatic hydroxyl groups is 1. The lowest BCUT2D eigenvalue weighted by Crippen LogP contribution is -2.36. The number of benzene rings is 1. The topological polar surface area (TPSA) is 51.2 Å². The molecule has 5 heteroatoms. The summed E-state index contributed by atoms with van der Waals surface area (Å²) < 4.78 is 16.4. The molecule has 25 heavy (non-hydrogen) atoms. The van der Waals surface area contributed by atoms with Gasteiger partial charge in [0.15, 0.2) is 11.5 Å². The first-order valence-electron chi connectivity index (χ1n) is 8.42. The van der Waals surface area contributed by atoms with Crippen molar-refractivity contribution in [3.05, 3.63) is 52.4 Å². The molecule has 1 aromatic carbocycles. The van der Waals surface area contributed by atoms with E-state index in [2.05, 4.69) is 18.1 Å². The lowest BCUT2D eigenvalue weighted by Gasteiger charge is -2.41. The van der Waals surface area contributed by atoms with E-state index in [1.54, 1.807) is 21.3 Å². The van der Waals surface area contributed by atoms with Crippen LogP contribution in [0.5, 0.6) is 11.5 Å². The number of hydrogen-bond acceptors (Lipinski definition) is 5. The third-order valence-electron chi connectivity index (χ3n) is 5.32. The Hall–Kier alpha value is -2.40. The zero-order valence-electron chi connectivity index (χ0n) is 15.0. The van der Waals surface area contributed by atoms with E-state index in [4.69, 9.17) is 14.2 Å². The molecule has 1 N–H and O–H groups in total. The van der Waals surface area contributed by atoms with Crippen molar-refractivity contribution in [3.8, 4) is 11.5 Å². The SMILES string of the molecule is COC1=CC2=CN(C)CC3Cc4cc(OC)c(OC)cc4C(=C23)C1O. The zero-order chi connectivity index (χ0) is 17.7. The Balaban J connectivity index is 1.96. The Morgan fingerprint density at radius 2 is 1.76 bits per heavy atom. The summed E-state index contributed by atoms with van der Waals surface area (Å²) in [4.78, 5) is 2.20. The molecule has 5 nitrogen and oxygen atoms in total. The van der Waals surface area contributed by atoms with Crippen molar-refractivity contribution >= 4 is 5.57 Å². The van der Waals surface area contributed by atoms with Gasteiger partial charge in [0.1, 0.15) is 11.9 Å². The van der Waals surface area contributed by atoms with Crippen LogP contribution in [0.1, 0.15) is 11.1 Å². The number of ether oxygens (including phenoxy) is 3. The molecule has 2 aliphatic carbocycles. The number of fused-ring (bicyclic) bond motifs is 2. The minimum Gasteiger partial charge on any atom is -0.498 e. The number of hydrogen-bond donors (Lipinski definition) is 1. The van der Waals surface area contributed by atoms with Gasteiger partial charge in [-0.3, -0.25) is 0 Å². The summed E-state index contributed by atoms with van der Waals surface area (Å²) >= 11 is 0. The van der Waals surface area contributed by atoms with Crippen LogP contribution in [0.4, 0.5) is 0 Å². The Labute approximate surface area is 147 Å². The van der Waals surface area contributed by atoms with Crippen molar-refractivity contribution < 1.29 is 19.3 Å². The maximum absolute atomic E-state index is 11.0. The van der Waals surface area contributed by atoms with Crippen LogP contribution in [-0.2, 0) is 11.2 Å². The second-order valence-electron chi connectivity index (χ2n) is 6.77. The number of allylic oxidation sites excluding steroid dienone is 2. The summed E-state index contributed by atoms with van der Waals surface area (Å²) in [5.41, 5.74) is 5.48. The molecule has 0 saturated heterocycles. The van der Waals surface area contributed by atoms with Gasteiger partial charge in [0, 0.05) is 25.7 Å². The van der Waals surface area contributed by atoms with Gasteiger partial charge in [-0.15, -0.1) is 0 Å². The number of rotatable bonds is 3. The smallest absolute Gasteiger partial charge is 0.161 e. The summed E-state index contributed by atoms with van der Waals surface area (Å²) in [5, 5.41) is 11.0. The van der Waals surface area contributed by atoms with Gasteiger partial charge < -0.3 is 24.2 Å². The van der Waals surface area contributed by atoms with Crippen LogP contribution in [0.25, 0.3) is 5.57 Å². The molecule has 1 aromatic rings. The molecule has 1 heterocycles. The van der Waals surface area contributed by atoms with E-state index in [-0.39, 0.29) is 0 Å². The molecule has 1 aliphatic heterocycles. The van der Waals surface area contributed by atoms with Crippen LogP contribution in [-0.4, -0.2) is 51.0 Å². The first-order valence-corrected chi connectivity index (χ1v) is 8.42. The van der Waals surface area contributed by atoms with E-state index in [1.165, 1.54) is 11.1 Å². The largest absolute Gasteiger partial charge is 0.498 e. The van der Waals surface area contributed by atoms with Crippen molar-refractivity contribution in [2.75, 3.05) is 34.9 Å². The Kier molecular flexibility index (Phi) is 3.76. The quantitative estimate of drug-likeness (QED) is 0.915. The summed E-state index contributed by atoms with van der Waals surface area (Å²) in [7, 11) is 6.96. The van der Waals surface area contributed by atoms with Gasteiger partial charge in [-0.1, -0.05) is 0 Å². The molecular weight excluding hydrogens is 318 g/mol. The van der Waals surface area contributed by atoms with E-state index in [0.717, 1.165) is 35.4 Å². The van der Waals surface area contributed by atoms with Gasteiger partial charge in [-0.25, -0.2) is 0 Å². The predicted octanol–water partition coefficient (Wildman–Crippen LogP) is 2.36. The monoisotopic (exact) mass is 341 g/mol. The molecule has 3 aliphatic rings. The first kappa shape index (κ1) is 16.1. The van der Waals surface area contributed by atoms with E-state index in [1.807, 2.05) is 18.2 Å². The molecular formula is C20H23NO4. The Morgan fingerprint density at radius 1 is 1.04 bits per heavy atom. The van der Waals surface area contributed by atoms with Crippen molar-refractivity contribution in [2.24, 2.45) is 5.92 Å². The summed E-state index contributed by atoms with van der Waals surface area (Å²) in [6.07, 6.45) is 4.24. The van der Waals surface area contributed by atoms with Crippen molar-refractivity contribution in [2.45, 2.75) is 12.5 Å². The molecule has 4 rings (SSSR count). The van der Waals surface area contributed by atoms with Crippen molar-refractivity contribution in [3.63, 3.8) is 0 Å². The summed E-state index contributed by atoms with van der Waals surface area (Å²) in [5.74, 6) is 2.31. The van der Waals surface area contributed by atoms with Crippen molar-refractivity contribution in [1.82, 2.24) is 4.90 Å². The molecule has 2 unspecified atom stereocenters. The van der Waals surface area contributed by atoms with Gasteiger partial charge in [0.2, 0.25) is 0 Å². The standard InChI is InChI=1S/C20H23NO4/c1-21-9-12-5-11-6-15(23-2)16(24-3)8-14(11)19-18(12)13(10-21)7-17(25-4)20(19)22/h6-8,10,12,20,22H,5,9H2,1-4H3. The summed E-state index contributed by atoms with van der Waals surface area (Å²) in [6.45, 7) is 0.930. The van der Waals surface area contributed by atoms with Gasteiger partial charge in [-0.05, 0) is 52.5 Å². The molecule has 132 valence electrons. The maximum atomic E-state index is 11.0. The van der Waals surface area contributed by atoms with Crippen LogP contribution >= 0.6 is 0 Å². The highest BCUT2D eigenvalue weighted by Gasteiger charge is 2.39. The first-order chi connectivity index (χ1) is 12.1. The molecule has 0 aromatic heterocycles. The van der Waals surface area contributed by atoms with Gasteiger partial charge in [0.25, 0.3) is 0 Å². The normalized spacial score (nSPS) is 24.1. The molecule has 0 spiro atoms. The Morgan fingerprint density at radius 3 is 2.44 bits per heavy atom. The van der Waals surface area contributed by atoms with Crippen LogP contribution in [0, 0.1) is 5.92 Å². The fraction of sp³-hybridized carbons (Fsp3) is 0.400. The highest BCUT2D eigenvalue weighted by atomic mass is 16.5. The van der Waals surface area contributed by atoms with Gasteiger partial charge >= 0.3 is 0 Å². The van der Waals surface area contributed by atoms with Crippen LogP contribution in [0.3, 0.4) is 0 Å². The number of nitrogens with zero attached hydrogens (tertiary/aromatic N) is 1. The van der Waals surface area contributed by atoms with Crippen molar-refractivity contribution in [1.29, 1.82) is 0 Å². The molecule has 0 amide bonds. The summed E-state index contributed by atoms with van der Waals surface area (Å²) in [6, 6.07) is 4.01. The highest BCUT2D eigenvalue weighted by molar-refractivity contribution is 5.85. The zero-order valence-corrected chi connectivity index (χ0v) is 15.0. The third-order valence-corrected chi connectivity index (χ3v) is 5.32. The third kappa shape index (κ3) is 2.34.